The highest BCUT2D eigenvalue weighted by Crippen LogP contribution is 2.28. The van der Waals surface area contributed by atoms with Crippen LogP contribution in [-0.4, -0.2) is 50.9 Å². The van der Waals surface area contributed by atoms with Gasteiger partial charge in [0.2, 0.25) is 5.91 Å². The van der Waals surface area contributed by atoms with E-state index in [0.29, 0.717) is 35.1 Å². The molecule has 2 rings (SSSR count). The molecule has 182 valence electrons. The summed E-state index contributed by atoms with van der Waals surface area (Å²) in [6.07, 6.45) is 1.41. The normalized spacial score (nSPS) is 11.4. The van der Waals surface area contributed by atoms with Gasteiger partial charge < -0.3 is 24.3 Å². The summed E-state index contributed by atoms with van der Waals surface area (Å²) in [4.78, 5) is 36.1. The van der Waals surface area contributed by atoms with E-state index in [1.54, 1.807) is 56.5 Å². The Bertz CT molecular complexity index is 1010. The van der Waals surface area contributed by atoms with Crippen LogP contribution in [0, 0.1) is 5.92 Å². The van der Waals surface area contributed by atoms with Crippen LogP contribution in [0.3, 0.4) is 0 Å². The maximum Gasteiger partial charge on any atom is 0.344 e. The number of hydrogen-bond donors (Lipinski definition) is 2. The quantitative estimate of drug-likeness (QED) is 0.211. The van der Waals surface area contributed by atoms with Gasteiger partial charge >= 0.3 is 5.97 Å². The van der Waals surface area contributed by atoms with Crippen molar-refractivity contribution in [3.63, 3.8) is 0 Å². The molecule has 1 unspecified atom stereocenters. The van der Waals surface area contributed by atoms with Gasteiger partial charge in [-0.05, 0) is 68.8 Å². The number of hydrazone groups is 1. The number of esters is 1. The fourth-order valence-electron chi connectivity index (χ4n) is 2.64. The molecular formula is C24H29N3O7. The molecule has 0 spiro atoms. The number of benzene rings is 2. The zero-order valence-electron chi connectivity index (χ0n) is 19.6. The highest BCUT2D eigenvalue weighted by atomic mass is 16.6. The second kappa shape index (κ2) is 13.5. The van der Waals surface area contributed by atoms with E-state index in [2.05, 4.69) is 15.8 Å². The van der Waals surface area contributed by atoms with Gasteiger partial charge in [0.1, 0.15) is 11.7 Å². The largest absolute Gasteiger partial charge is 0.497 e. The van der Waals surface area contributed by atoms with Crippen molar-refractivity contribution in [2.24, 2.45) is 11.0 Å². The highest BCUT2D eigenvalue weighted by Gasteiger charge is 2.21. The van der Waals surface area contributed by atoms with Gasteiger partial charge in [-0.25, -0.2) is 10.2 Å². The summed E-state index contributed by atoms with van der Waals surface area (Å²) >= 11 is 0. The van der Waals surface area contributed by atoms with E-state index >= 15 is 0 Å². The summed E-state index contributed by atoms with van der Waals surface area (Å²) in [7, 11) is 1.55. The third-order valence-electron chi connectivity index (χ3n) is 4.45. The molecule has 0 radical (unpaired) electrons. The average molecular weight is 472 g/mol. The summed E-state index contributed by atoms with van der Waals surface area (Å²) in [5.74, 6) is -1.06. The summed E-state index contributed by atoms with van der Waals surface area (Å²) in [6.45, 7) is 5.41. The first-order chi connectivity index (χ1) is 16.4. The van der Waals surface area contributed by atoms with Crippen LogP contribution in [0.1, 0.15) is 26.3 Å². The van der Waals surface area contributed by atoms with Crippen molar-refractivity contribution in [3.05, 3.63) is 48.0 Å². The Labute approximate surface area is 198 Å². The summed E-state index contributed by atoms with van der Waals surface area (Å²) in [6, 6.07) is 11.7. The minimum absolute atomic E-state index is 0.242. The molecule has 0 aromatic heterocycles. The highest BCUT2D eigenvalue weighted by molar-refractivity contribution is 6.06. The Morgan fingerprint density at radius 3 is 2.35 bits per heavy atom. The molecule has 2 aromatic rings. The van der Waals surface area contributed by atoms with E-state index in [0.717, 1.165) is 0 Å². The van der Waals surface area contributed by atoms with E-state index in [4.69, 9.17) is 18.9 Å². The van der Waals surface area contributed by atoms with E-state index in [9.17, 15) is 14.4 Å². The number of nitrogens with one attached hydrogen (secondary N) is 2. The molecule has 2 amide bonds. The molecule has 2 aromatic carbocycles. The molecule has 0 saturated carbocycles. The number of methoxy groups -OCH3 is 1. The average Bonchev–Trinajstić information content (AvgIpc) is 2.83. The van der Waals surface area contributed by atoms with Crippen molar-refractivity contribution >= 4 is 29.7 Å². The van der Waals surface area contributed by atoms with Crippen molar-refractivity contribution in [2.45, 2.75) is 20.8 Å². The molecule has 0 heterocycles. The summed E-state index contributed by atoms with van der Waals surface area (Å²) < 4.78 is 20.9. The van der Waals surface area contributed by atoms with E-state index in [1.165, 1.54) is 13.1 Å². The second-order valence-corrected chi connectivity index (χ2v) is 6.91. The topological polar surface area (TPSA) is 125 Å². The van der Waals surface area contributed by atoms with Gasteiger partial charge in [0.25, 0.3) is 5.91 Å². The molecule has 0 aliphatic heterocycles. The van der Waals surface area contributed by atoms with Crippen molar-refractivity contribution < 1.29 is 33.3 Å². The lowest BCUT2D eigenvalue weighted by Crippen LogP contribution is -2.34. The summed E-state index contributed by atoms with van der Waals surface area (Å²) in [5, 5.41) is 6.58. The molecule has 0 saturated heterocycles. The number of ether oxygens (including phenoxy) is 4. The lowest BCUT2D eigenvalue weighted by molar-refractivity contribution is -0.145. The Balaban J connectivity index is 1.94. The van der Waals surface area contributed by atoms with Gasteiger partial charge in [-0.2, -0.15) is 5.10 Å². The first-order valence-electron chi connectivity index (χ1n) is 10.7. The van der Waals surface area contributed by atoms with Crippen molar-refractivity contribution in [1.82, 2.24) is 5.43 Å². The standard InChI is InChI=1S/C24H29N3O7/c1-5-32-21-13-17(7-12-20(21)34-15-22(28)33-6-2)14-25-27-24(30)16(3)23(29)26-18-8-10-19(31-4)11-9-18/h7-14,16H,5-6,15H2,1-4H3,(H,26,29)(H,27,30). The molecule has 1 atom stereocenters. The van der Waals surface area contributed by atoms with E-state index in [-0.39, 0.29) is 13.2 Å². The Morgan fingerprint density at radius 1 is 0.971 bits per heavy atom. The number of carbonyl (C=O) groups excluding carboxylic acids is 3. The van der Waals surface area contributed by atoms with Crippen LogP contribution >= 0.6 is 0 Å². The van der Waals surface area contributed by atoms with Crippen molar-refractivity contribution in [1.29, 1.82) is 0 Å². The minimum Gasteiger partial charge on any atom is -0.497 e. The molecule has 0 aliphatic carbocycles. The van der Waals surface area contributed by atoms with E-state index < -0.39 is 23.7 Å². The van der Waals surface area contributed by atoms with Crippen LogP contribution < -0.4 is 25.0 Å². The number of hydrogen-bond acceptors (Lipinski definition) is 8. The minimum atomic E-state index is -0.975. The number of anilines is 1. The molecular weight excluding hydrogens is 442 g/mol. The smallest absolute Gasteiger partial charge is 0.344 e. The van der Waals surface area contributed by atoms with Crippen LogP contribution in [0.2, 0.25) is 0 Å². The van der Waals surface area contributed by atoms with Crippen molar-refractivity contribution in [3.8, 4) is 17.2 Å². The van der Waals surface area contributed by atoms with Gasteiger partial charge in [-0.3, -0.25) is 9.59 Å². The first kappa shape index (κ1) is 26.2. The third kappa shape index (κ3) is 8.12. The van der Waals surface area contributed by atoms with E-state index in [1.807, 2.05) is 6.92 Å². The fraction of sp³-hybridized carbons (Fsp3) is 0.333. The number of nitrogens with zero attached hydrogens (tertiary/aromatic N) is 1. The van der Waals surface area contributed by atoms with Gasteiger partial charge in [-0.1, -0.05) is 0 Å². The van der Waals surface area contributed by atoms with Crippen LogP contribution in [0.4, 0.5) is 5.69 Å². The molecule has 0 fully saturated rings. The van der Waals surface area contributed by atoms with Crippen LogP contribution in [0.25, 0.3) is 0 Å². The molecule has 0 bridgehead atoms. The maximum absolute atomic E-state index is 12.3. The van der Waals surface area contributed by atoms with Crippen molar-refractivity contribution in [2.75, 3.05) is 32.2 Å². The summed E-state index contributed by atoms with van der Waals surface area (Å²) in [5.41, 5.74) is 3.51. The molecule has 0 aliphatic rings. The van der Waals surface area contributed by atoms with Crippen LogP contribution in [0.5, 0.6) is 17.2 Å². The SMILES string of the molecule is CCOC(=O)COc1ccc(C=NNC(=O)C(C)C(=O)Nc2ccc(OC)cc2)cc1OCC. The predicted octanol–water partition coefficient (Wildman–Crippen LogP) is 2.76. The molecule has 10 nitrogen and oxygen atoms in total. The Hall–Kier alpha value is -4.08. The fourth-order valence-corrected chi connectivity index (χ4v) is 2.64. The Kier molecular flexibility index (Phi) is 10.4. The monoisotopic (exact) mass is 471 g/mol. The van der Waals surface area contributed by atoms with Gasteiger partial charge in [0.15, 0.2) is 18.1 Å². The Morgan fingerprint density at radius 2 is 1.71 bits per heavy atom. The number of amides is 2. The second-order valence-electron chi connectivity index (χ2n) is 6.91. The predicted molar refractivity (Wildman–Crippen MR) is 126 cm³/mol. The lowest BCUT2D eigenvalue weighted by Gasteiger charge is -2.12. The molecule has 10 heteroatoms. The number of carbonyl (C=O) groups is 3. The third-order valence-corrected chi connectivity index (χ3v) is 4.45. The van der Waals surface area contributed by atoms with Crippen LogP contribution in [0.15, 0.2) is 47.6 Å². The lowest BCUT2D eigenvalue weighted by atomic mass is 10.1. The molecule has 34 heavy (non-hydrogen) atoms. The molecule has 2 N–H and O–H groups in total. The zero-order chi connectivity index (χ0) is 24.9. The van der Waals surface area contributed by atoms with Gasteiger partial charge in [0, 0.05) is 5.69 Å². The van der Waals surface area contributed by atoms with Crippen LogP contribution in [-0.2, 0) is 19.1 Å². The zero-order valence-corrected chi connectivity index (χ0v) is 19.6. The van der Waals surface area contributed by atoms with Gasteiger partial charge in [0.05, 0.1) is 26.5 Å². The van der Waals surface area contributed by atoms with Gasteiger partial charge in [-0.15, -0.1) is 0 Å². The number of rotatable bonds is 12. The maximum atomic E-state index is 12.3. The first-order valence-corrected chi connectivity index (χ1v) is 10.7.